The first kappa shape index (κ1) is 16.0. The molecule has 4 nitrogen and oxygen atoms in total. The molecule has 5 heteroatoms. The van der Waals surface area contributed by atoms with E-state index >= 15 is 0 Å². The highest BCUT2D eigenvalue weighted by Crippen LogP contribution is 2.20. The Bertz CT molecular complexity index is 625. The number of benzene rings is 2. The van der Waals surface area contributed by atoms with Gasteiger partial charge in [-0.3, -0.25) is 4.79 Å². The highest BCUT2D eigenvalue weighted by Gasteiger charge is 2.19. The first-order valence-corrected chi connectivity index (χ1v) is 6.89. The van der Waals surface area contributed by atoms with Crippen molar-refractivity contribution >= 4 is 5.91 Å². The number of hydrogen-bond acceptors (Lipinski definition) is 3. The van der Waals surface area contributed by atoms with Crippen LogP contribution in [0.25, 0.3) is 0 Å². The molecular formula is C17H18FNO3. The van der Waals surface area contributed by atoms with Crippen molar-refractivity contribution in [3.05, 3.63) is 65.5 Å². The van der Waals surface area contributed by atoms with Gasteiger partial charge in [-0.1, -0.05) is 12.1 Å². The summed E-state index contributed by atoms with van der Waals surface area (Å²) in [6.45, 7) is 1.70. The summed E-state index contributed by atoms with van der Waals surface area (Å²) in [6.07, 6.45) is -0.852. The van der Waals surface area contributed by atoms with Crippen molar-refractivity contribution in [1.82, 2.24) is 5.32 Å². The molecule has 0 saturated heterocycles. The molecule has 0 aliphatic carbocycles. The van der Waals surface area contributed by atoms with Crippen LogP contribution in [-0.4, -0.2) is 24.2 Å². The maximum absolute atomic E-state index is 12.8. The molecule has 0 fully saturated rings. The molecule has 0 bridgehead atoms. The van der Waals surface area contributed by atoms with Gasteiger partial charge in [-0.05, 0) is 48.9 Å². The van der Waals surface area contributed by atoms with Crippen LogP contribution in [0.1, 0.15) is 28.9 Å². The fourth-order valence-corrected chi connectivity index (χ4v) is 2.06. The molecule has 2 aromatic carbocycles. The molecule has 0 radical (unpaired) electrons. The van der Waals surface area contributed by atoms with Gasteiger partial charge in [-0.25, -0.2) is 4.39 Å². The molecule has 2 N–H and O–H groups in total. The number of hydrogen-bond donors (Lipinski definition) is 2. The van der Waals surface area contributed by atoms with Gasteiger partial charge < -0.3 is 15.2 Å². The fraction of sp³-hybridized carbons (Fsp3) is 0.235. The molecule has 0 spiro atoms. The van der Waals surface area contributed by atoms with Crippen LogP contribution in [0.2, 0.25) is 0 Å². The van der Waals surface area contributed by atoms with Crippen LogP contribution >= 0.6 is 0 Å². The van der Waals surface area contributed by atoms with Gasteiger partial charge in [0.2, 0.25) is 0 Å². The maximum atomic E-state index is 12.8. The summed E-state index contributed by atoms with van der Waals surface area (Å²) in [5.41, 5.74) is 1.02. The Labute approximate surface area is 128 Å². The smallest absolute Gasteiger partial charge is 0.251 e. The number of rotatable bonds is 5. The van der Waals surface area contributed by atoms with E-state index in [1.807, 2.05) is 0 Å². The molecule has 0 aliphatic rings. The maximum Gasteiger partial charge on any atom is 0.251 e. The molecule has 116 valence electrons. The standard InChI is InChI=1S/C17H18FNO3/c1-11(16(20)12-5-9-15(22-2)10-6-12)19-17(21)13-3-7-14(18)8-4-13/h3-11,16,20H,1-2H3,(H,19,21). The van der Waals surface area contributed by atoms with E-state index in [1.165, 1.54) is 24.3 Å². The van der Waals surface area contributed by atoms with Gasteiger partial charge in [0, 0.05) is 5.56 Å². The number of nitrogens with one attached hydrogen (secondary N) is 1. The minimum Gasteiger partial charge on any atom is -0.497 e. The van der Waals surface area contributed by atoms with E-state index in [2.05, 4.69) is 5.32 Å². The Morgan fingerprint density at radius 2 is 1.73 bits per heavy atom. The normalized spacial score (nSPS) is 13.3. The summed E-state index contributed by atoms with van der Waals surface area (Å²) >= 11 is 0. The molecule has 0 aliphatic heterocycles. The summed E-state index contributed by atoms with van der Waals surface area (Å²) in [5, 5.41) is 13.0. The van der Waals surface area contributed by atoms with Crippen molar-refractivity contribution in [2.24, 2.45) is 0 Å². The Kier molecular flexibility index (Phi) is 5.12. The molecule has 2 unspecified atom stereocenters. The first-order chi connectivity index (χ1) is 10.5. The Balaban J connectivity index is 2.02. The summed E-state index contributed by atoms with van der Waals surface area (Å²) in [4.78, 5) is 12.0. The van der Waals surface area contributed by atoms with E-state index in [0.29, 0.717) is 16.9 Å². The van der Waals surface area contributed by atoms with Gasteiger partial charge in [0.15, 0.2) is 0 Å². The summed E-state index contributed by atoms with van der Waals surface area (Å²) in [5.74, 6) is -0.0677. The fourth-order valence-electron chi connectivity index (χ4n) is 2.06. The van der Waals surface area contributed by atoms with Crippen LogP contribution in [0.15, 0.2) is 48.5 Å². The zero-order chi connectivity index (χ0) is 16.1. The van der Waals surface area contributed by atoms with E-state index < -0.39 is 18.0 Å². The first-order valence-electron chi connectivity index (χ1n) is 6.89. The minimum atomic E-state index is -0.852. The lowest BCUT2D eigenvalue weighted by atomic mass is 10.0. The van der Waals surface area contributed by atoms with Crippen LogP contribution in [0.4, 0.5) is 4.39 Å². The SMILES string of the molecule is COc1ccc(C(O)C(C)NC(=O)c2ccc(F)cc2)cc1. The second-order valence-corrected chi connectivity index (χ2v) is 4.99. The van der Waals surface area contributed by atoms with Crippen molar-refractivity contribution in [1.29, 1.82) is 0 Å². The Morgan fingerprint density at radius 1 is 1.14 bits per heavy atom. The van der Waals surface area contributed by atoms with Crippen molar-refractivity contribution < 1.29 is 19.0 Å². The van der Waals surface area contributed by atoms with Gasteiger partial charge in [0.1, 0.15) is 11.6 Å². The number of amides is 1. The second kappa shape index (κ2) is 7.04. The third-order valence-corrected chi connectivity index (χ3v) is 3.40. The zero-order valence-corrected chi connectivity index (χ0v) is 12.4. The number of aliphatic hydroxyl groups excluding tert-OH is 1. The van der Waals surface area contributed by atoms with E-state index in [-0.39, 0.29) is 5.91 Å². The quantitative estimate of drug-likeness (QED) is 0.893. The zero-order valence-electron chi connectivity index (χ0n) is 12.4. The van der Waals surface area contributed by atoms with Crippen molar-refractivity contribution in [2.45, 2.75) is 19.1 Å². The summed E-state index contributed by atoms with van der Waals surface area (Å²) in [7, 11) is 1.57. The monoisotopic (exact) mass is 303 g/mol. The molecule has 2 atom stereocenters. The van der Waals surface area contributed by atoms with E-state index in [0.717, 1.165) is 0 Å². The van der Waals surface area contributed by atoms with Gasteiger partial charge in [-0.2, -0.15) is 0 Å². The molecule has 2 rings (SSSR count). The number of ether oxygens (including phenoxy) is 1. The predicted molar refractivity (Wildman–Crippen MR) is 81.3 cm³/mol. The number of carbonyl (C=O) groups excluding carboxylic acids is 1. The lowest BCUT2D eigenvalue weighted by Crippen LogP contribution is -2.37. The summed E-state index contributed by atoms with van der Waals surface area (Å²) in [6, 6.07) is 11.7. The van der Waals surface area contributed by atoms with Crippen molar-refractivity contribution in [3.8, 4) is 5.75 Å². The number of methoxy groups -OCH3 is 1. The minimum absolute atomic E-state index is 0.343. The van der Waals surface area contributed by atoms with E-state index in [1.54, 1.807) is 38.3 Å². The molecule has 0 aromatic heterocycles. The van der Waals surface area contributed by atoms with Gasteiger partial charge in [0.05, 0.1) is 19.3 Å². The van der Waals surface area contributed by atoms with E-state index in [9.17, 15) is 14.3 Å². The predicted octanol–water partition coefficient (Wildman–Crippen LogP) is 2.69. The van der Waals surface area contributed by atoms with Crippen molar-refractivity contribution in [2.75, 3.05) is 7.11 Å². The van der Waals surface area contributed by atoms with Gasteiger partial charge in [-0.15, -0.1) is 0 Å². The topological polar surface area (TPSA) is 58.6 Å². The number of carbonyl (C=O) groups is 1. The molecule has 2 aromatic rings. The Morgan fingerprint density at radius 3 is 2.27 bits per heavy atom. The van der Waals surface area contributed by atoms with Gasteiger partial charge in [0.25, 0.3) is 5.91 Å². The van der Waals surface area contributed by atoms with Crippen LogP contribution in [0.3, 0.4) is 0 Å². The average molecular weight is 303 g/mol. The van der Waals surface area contributed by atoms with Crippen LogP contribution in [-0.2, 0) is 0 Å². The number of halogens is 1. The van der Waals surface area contributed by atoms with Crippen molar-refractivity contribution in [3.63, 3.8) is 0 Å². The second-order valence-electron chi connectivity index (χ2n) is 4.99. The van der Waals surface area contributed by atoms with E-state index in [4.69, 9.17) is 4.74 Å². The third kappa shape index (κ3) is 3.83. The van der Waals surface area contributed by atoms with Crippen LogP contribution in [0, 0.1) is 5.82 Å². The number of aliphatic hydroxyl groups is 1. The molecular weight excluding hydrogens is 285 g/mol. The lowest BCUT2D eigenvalue weighted by Gasteiger charge is -2.21. The summed E-state index contributed by atoms with van der Waals surface area (Å²) < 4.78 is 17.9. The van der Waals surface area contributed by atoms with Gasteiger partial charge >= 0.3 is 0 Å². The highest BCUT2D eigenvalue weighted by molar-refractivity contribution is 5.94. The molecule has 1 amide bonds. The van der Waals surface area contributed by atoms with Crippen LogP contribution < -0.4 is 10.1 Å². The third-order valence-electron chi connectivity index (χ3n) is 3.40. The molecule has 0 saturated carbocycles. The lowest BCUT2D eigenvalue weighted by molar-refractivity contribution is 0.0852. The molecule has 0 heterocycles. The largest absolute Gasteiger partial charge is 0.497 e. The Hall–Kier alpha value is -2.40. The van der Waals surface area contributed by atoms with Crippen LogP contribution in [0.5, 0.6) is 5.75 Å². The average Bonchev–Trinajstić information content (AvgIpc) is 2.54. The highest BCUT2D eigenvalue weighted by atomic mass is 19.1. The molecule has 22 heavy (non-hydrogen) atoms.